The summed E-state index contributed by atoms with van der Waals surface area (Å²) in [6.45, 7) is 2.70. The molecule has 0 saturated heterocycles. The molecule has 1 heterocycles. The van der Waals surface area contributed by atoms with Crippen molar-refractivity contribution < 1.29 is 9.53 Å². The van der Waals surface area contributed by atoms with Crippen LogP contribution in [0, 0.1) is 17.8 Å². The van der Waals surface area contributed by atoms with Crippen molar-refractivity contribution in [1.29, 1.82) is 0 Å². The van der Waals surface area contributed by atoms with Crippen LogP contribution in [0.4, 0.5) is 4.79 Å². The minimum absolute atomic E-state index is 0.115. The summed E-state index contributed by atoms with van der Waals surface area (Å²) in [5.74, 6) is 2.19. The predicted molar refractivity (Wildman–Crippen MR) is 89.0 cm³/mol. The van der Waals surface area contributed by atoms with Gasteiger partial charge in [0.1, 0.15) is 0 Å². The number of pyridine rings is 1. The first-order valence-corrected chi connectivity index (χ1v) is 8.05. The molecule has 23 heavy (non-hydrogen) atoms. The van der Waals surface area contributed by atoms with Crippen molar-refractivity contribution in [3.63, 3.8) is 0 Å². The summed E-state index contributed by atoms with van der Waals surface area (Å²) in [5, 5.41) is 5.96. The molecule has 5 nitrogen and oxygen atoms in total. The molecule has 2 aliphatic carbocycles. The first-order valence-electron chi connectivity index (χ1n) is 8.05. The van der Waals surface area contributed by atoms with Gasteiger partial charge in [-0.05, 0) is 35.8 Å². The second-order valence-corrected chi connectivity index (χ2v) is 6.25. The van der Waals surface area contributed by atoms with Gasteiger partial charge in [0.2, 0.25) is 5.88 Å². The second kappa shape index (κ2) is 6.86. The number of nitrogens with one attached hydrogen (secondary N) is 2. The van der Waals surface area contributed by atoms with Gasteiger partial charge in [0.15, 0.2) is 0 Å². The molecule has 0 bridgehead atoms. The van der Waals surface area contributed by atoms with E-state index < -0.39 is 0 Å². The Bertz CT molecular complexity index is 626. The summed E-state index contributed by atoms with van der Waals surface area (Å²) >= 11 is 0. The van der Waals surface area contributed by atoms with Gasteiger partial charge in [-0.15, -0.1) is 0 Å². The molecule has 0 aliphatic heterocycles. The fourth-order valence-corrected chi connectivity index (χ4v) is 3.15. The zero-order valence-corrected chi connectivity index (χ0v) is 13.5. The molecule has 1 aromatic rings. The molecular formula is C18H23N3O2. The average Bonchev–Trinajstić information content (AvgIpc) is 3.32. The fourth-order valence-electron chi connectivity index (χ4n) is 3.15. The van der Waals surface area contributed by atoms with Gasteiger partial charge in [0.05, 0.1) is 7.11 Å². The number of carbonyl (C=O) groups is 1. The van der Waals surface area contributed by atoms with E-state index in [9.17, 15) is 4.79 Å². The molecule has 2 amide bonds. The zero-order chi connectivity index (χ0) is 16.2. The normalized spacial score (nSPS) is 28.3. The Hall–Kier alpha value is -2.30. The third kappa shape index (κ3) is 3.92. The number of methoxy groups -OCH3 is 1. The number of carbonyl (C=O) groups excluding carboxylic acids is 1. The smallest absolute Gasteiger partial charge is 0.315 e. The number of allylic oxidation sites excluding steroid dienone is 4. The summed E-state index contributed by atoms with van der Waals surface area (Å²) < 4.78 is 5.08. The number of nitrogens with zero attached hydrogens (tertiary/aromatic N) is 1. The number of aromatic nitrogens is 1. The van der Waals surface area contributed by atoms with Gasteiger partial charge in [-0.1, -0.05) is 31.2 Å². The topological polar surface area (TPSA) is 63.2 Å². The van der Waals surface area contributed by atoms with Gasteiger partial charge in [-0.2, -0.15) is 0 Å². The van der Waals surface area contributed by atoms with Crippen molar-refractivity contribution in [2.45, 2.75) is 25.9 Å². The Balaban J connectivity index is 1.44. The first kappa shape index (κ1) is 15.6. The van der Waals surface area contributed by atoms with Crippen molar-refractivity contribution in [3.05, 3.63) is 48.2 Å². The van der Waals surface area contributed by atoms with E-state index in [1.165, 1.54) is 0 Å². The van der Waals surface area contributed by atoms with E-state index in [0.29, 0.717) is 30.2 Å². The van der Waals surface area contributed by atoms with Gasteiger partial charge in [-0.3, -0.25) is 0 Å². The summed E-state index contributed by atoms with van der Waals surface area (Å²) in [7, 11) is 1.58. The maximum Gasteiger partial charge on any atom is 0.315 e. The molecular weight excluding hydrogens is 290 g/mol. The number of hydrogen-bond donors (Lipinski definition) is 2. The third-order valence-corrected chi connectivity index (χ3v) is 4.58. The molecule has 0 aromatic carbocycles. The summed E-state index contributed by atoms with van der Waals surface area (Å²) in [6, 6.07) is 3.85. The monoisotopic (exact) mass is 313 g/mol. The Labute approximate surface area is 136 Å². The van der Waals surface area contributed by atoms with Gasteiger partial charge >= 0.3 is 6.03 Å². The van der Waals surface area contributed by atoms with E-state index in [1.54, 1.807) is 13.3 Å². The van der Waals surface area contributed by atoms with Gasteiger partial charge < -0.3 is 15.4 Å². The first-order chi connectivity index (χ1) is 11.2. The summed E-state index contributed by atoms with van der Waals surface area (Å²) in [4.78, 5) is 16.1. The van der Waals surface area contributed by atoms with Crippen molar-refractivity contribution in [1.82, 2.24) is 15.6 Å². The van der Waals surface area contributed by atoms with E-state index in [4.69, 9.17) is 4.74 Å². The van der Waals surface area contributed by atoms with E-state index in [1.807, 2.05) is 12.1 Å². The Morgan fingerprint density at radius 3 is 3.00 bits per heavy atom. The largest absolute Gasteiger partial charge is 0.481 e. The van der Waals surface area contributed by atoms with Gasteiger partial charge in [0, 0.05) is 24.8 Å². The number of rotatable bonds is 5. The van der Waals surface area contributed by atoms with Crippen LogP contribution in [0.5, 0.6) is 5.88 Å². The van der Waals surface area contributed by atoms with Crippen molar-refractivity contribution >= 4 is 6.03 Å². The molecule has 122 valence electrons. The lowest BCUT2D eigenvalue weighted by Gasteiger charge is -2.20. The molecule has 4 atom stereocenters. The summed E-state index contributed by atoms with van der Waals surface area (Å²) in [5.41, 5.74) is 0.966. The molecule has 1 aromatic heterocycles. The quantitative estimate of drug-likeness (QED) is 0.878. The molecule has 0 radical (unpaired) electrons. The lowest BCUT2D eigenvalue weighted by atomic mass is 9.86. The molecule has 1 saturated carbocycles. The van der Waals surface area contributed by atoms with Crippen LogP contribution >= 0.6 is 0 Å². The molecule has 3 rings (SSSR count). The lowest BCUT2D eigenvalue weighted by molar-refractivity contribution is 0.239. The van der Waals surface area contributed by atoms with E-state index >= 15 is 0 Å². The van der Waals surface area contributed by atoms with Gasteiger partial charge in [-0.25, -0.2) is 9.78 Å². The standard InChI is InChI=1S/C18H23N3O2/c1-12-5-3-4-6-14(12)15-10-16(15)21-18(22)20-11-13-7-8-19-17(9-13)23-2/h3-9,12,14-16H,10-11H2,1-2H3,(H2,20,21,22)/t12-,14?,15-,16+/m0/s1. The zero-order valence-electron chi connectivity index (χ0n) is 13.5. The maximum atomic E-state index is 12.0. The number of hydrogen-bond acceptors (Lipinski definition) is 3. The SMILES string of the molecule is COc1cc(CNC(=O)N[C@@H]2C[C@H]2C2C=CC=C[C@@H]2C)ccn1. The van der Waals surface area contributed by atoms with Crippen LogP contribution in [0.25, 0.3) is 0 Å². The van der Waals surface area contributed by atoms with E-state index in [0.717, 1.165) is 12.0 Å². The Morgan fingerprint density at radius 1 is 1.39 bits per heavy atom. The minimum Gasteiger partial charge on any atom is -0.481 e. The Kier molecular flexibility index (Phi) is 4.65. The molecule has 1 fully saturated rings. The van der Waals surface area contributed by atoms with E-state index in [-0.39, 0.29) is 12.1 Å². The van der Waals surface area contributed by atoms with Crippen LogP contribution in [0.1, 0.15) is 18.9 Å². The number of urea groups is 1. The number of amides is 2. The third-order valence-electron chi connectivity index (χ3n) is 4.58. The average molecular weight is 313 g/mol. The highest BCUT2D eigenvalue weighted by Crippen LogP contribution is 2.43. The highest BCUT2D eigenvalue weighted by atomic mass is 16.5. The summed E-state index contributed by atoms with van der Waals surface area (Å²) in [6.07, 6.45) is 11.4. The number of ether oxygens (including phenoxy) is 1. The van der Waals surface area contributed by atoms with Crippen molar-refractivity contribution in [3.8, 4) is 5.88 Å². The van der Waals surface area contributed by atoms with Gasteiger partial charge in [0.25, 0.3) is 0 Å². The molecule has 1 unspecified atom stereocenters. The lowest BCUT2D eigenvalue weighted by Crippen LogP contribution is -2.37. The fraction of sp³-hybridized carbons (Fsp3) is 0.444. The molecule has 0 spiro atoms. The maximum absolute atomic E-state index is 12.0. The molecule has 5 heteroatoms. The Morgan fingerprint density at radius 2 is 2.22 bits per heavy atom. The van der Waals surface area contributed by atoms with Crippen LogP contribution in [0.3, 0.4) is 0 Å². The van der Waals surface area contributed by atoms with Crippen LogP contribution in [0.15, 0.2) is 42.6 Å². The minimum atomic E-state index is -0.115. The van der Waals surface area contributed by atoms with Crippen LogP contribution in [-0.4, -0.2) is 24.2 Å². The van der Waals surface area contributed by atoms with Crippen molar-refractivity contribution in [2.75, 3.05) is 7.11 Å². The van der Waals surface area contributed by atoms with Crippen LogP contribution in [0.2, 0.25) is 0 Å². The molecule has 2 N–H and O–H groups in total. The van der Waals surface area contributed by atoms with Crippen LogP contribution < -0.4 is 15.4 Å². The van der Waals surface area contributed by atoms with Crippen LogP contribution in [-0.2, 0) is 6.54 Å². The highest BCUT2D eigenvalue weighted by molar-refractivity contribution is 5.74. The highest BCUT2D eigenvalue weighted by Gasteiger charge is 2.44. The van der Waals surface area contributed by atoms with Crippen molar-refractivity contribution in [2.24, 2.45) is 17.8 Å². The molecule has 2 aliphatic rings. The second-order valence-electron chi connectivity index (χ2n) is 6.25. The van der Waals surface area contributed by atoms with E-state index in [2.05, 4.69) is 46.8 Å². The predicted octanol–water partition coefficient (Wildman–Crippen LogP) is 2.66.